The van der Waals surface area contributed by atoms with E-state index in [1.54, 1.807) is 0 Å². The first kappa shape index (κ1) is 26.2. The van der Waals surface area contributed by atoms with Gasteiger partial charge in [-0.1, -0.05) is 97.8 Å². The fourth-order valence-electron chi connectivity index (χ4n) is 6.79. The van der Waals surface area contributed by atoms with Gasteiger partial charge in [-0.05, 0) is 48.2 Å². The zero-order valence-corrected chi connectivity index (χ0v) is 24.3. The van der Waals surface area contributed by atoms with E-state index in [-0.39, 0.29) is 0 Å². The summed E-state index contributed by atoms with van der Waals surface area (Å²) in [5.41, 5.74) is 9.20. The minimum absolute atomic E-state index is 0.365. The predicted molar refractivity (Wildman–Crippen MR) is 177 cm³/mol. The molecular weight excluding hydrogens is 512 g/mol. The van der Waals surface area contributed by atoms with Gasteiger partial charge in [-0.25, -0.2) is 0 Å². The summed E-state index contributed by atoms with van der Waals surface area (Å²) in [4.78, 5) is 15.0. The van der Waals surface area contributed by atoms with E-state index in [1.165, 1.54) is 46.1 Å². The van der Waals surface area contributed by atoms with Gasteiger partial charge in [-0.2, -0.15) is 0 Å². The molecule has 1 saturated carbocycles. The summed E-state index contributed by atoms with van der Waals surface area (Å²) < 4.78 is 0. The van der Waals surface area contributed by atoms with Crippen molar-refractivity contribution in [3.05, 3.63) is 122 Å². The maximum Gasteiger partial charge on any atom is 0.0935 e. The lowest BCUT2D eigenvalue weighted by atomic mass is 9.87. The van der Waals surface area contributed by atoms with Crippen LogP contribution in [0, 0.1) is 0 Å². The molecule has 1 aliphatic rings. The van der Waals surface area contributed by atoms with Crippen molar-refractivity contribution in [1.82, 2.24) is 9.97 Å². The first-order chi connectivity index (χ1) is 20.7. The molecule has 1 unspecified atom stereocenters. The molecule has 2 heterocycles. The smallest absolute Gasteiger partial charge is 0.0935 e. The summed E-state index contributed by atoms with van der Waals surface area (Å²) in [5.74, 6) is 0. The maximum atomic E-state index is 5.01. The molecule has 0 amide bonds. The summed E-state index contributed by atoms with van der Waals surface area (Å²) in [5, 5.41) is 2.35. The van der Waals surface area contributed by atoms with Crippen molar-refractivity contribution in [1.29, 1.82) is 0 Å². The Bertz CT molecular complexity index is 1700. The molecule has 0 N–H and O–H groups in total. The zero-order chi connectivity index (χ0) is 28.5. The lowest BCUT2D eigenvalue weighted by Crippen LogP contribution is -2.51. The van der Waals surface area contributed by atoms with Gasteiger partial charge in [-0.15, -0.1) is 0 Å². The standard InChI is InChI=1S/C38H36N4/c1-41(35-21-11-17-29-23-31(25-39-37(29)35)27-13-5-3-6-14-27)33-19-9-10-20-34(33)42(2)36-22-12-18-30-24-32(26-40-38(30)36)28-15-7-4-8-16-28/h3-8,11-18,21-26,33-34H,9-10,19-20H2,1-2H3/t33-,34?/m0/s1. The van der Waals surface area contributed by atoms with Gasteiger partial charge in [0.05, 0.1) is 22.4 Å². The molecule has 2 atom stereocenters. The summed E-state index contributed by atoms with van der Waals surface area (Å²) in [6.45, 7) is 0. The molecule has 0 aliphatic heterocycles. The topological polar surface area (TPSA) is 32.3 Å². The first-order valence-electron chi connectivity index (χ1n) is 15.0. The number of nitrogens with zero attached hydrogens (tertiary/aromatic N) is 4. The van der Waals surface area contributed by atoms with Crippen LogP contribution in [0.1, 0.15) is 25.7 Å². The van der Waals surface area contributed by atoms with Gasteiger partial charge < -0.3 is 9.80 Å². The van der Waals surface area contributed by atoms with Crippen molar-refractivity contribution in [3.8, 4) is 22.3 Å². The average molecular weight is 549 g/mol. The summed E-state index contributed by atoms with van der Waals surface area (Å²) in [7, 11) is 4.51. The highest BCUT2D eigenvalue weighted by Crippen LogP contribution is 2.37. The van der Waals surface area contributed by atoms with Gasteiger partial charge in [0, 0.05) is 60.5 Å². The Balaban J connectivity index is 1.21. The highest BCUT2D eigenvalue weighted by Gasteiger charge is 2.33. The number of aromatic nitrogens is 2. The third-order valence-electron chi connectivity index (χ3n) is 9.04. The van der Waals surface area contributed by atoms with E-state index in [2.05, 4.69) is 133 Å². The lowest BCUT2D eigenvalue weighted by Gasteiger charge is -2.44. The molecule has 0 saturated heterocycles. The molecular formula is C38H36N4. The molecule has 4 aromatic carbocycles. The third kappa shape index (κ3) is 4.87. The SMILES string of the molecule is CN(c1cccc2cc(-c3ccccc3)cnc12)C1CCCC[C@@H]1N(C)c1cccc2cc(-c3ccccc3)cnc12. The molecule has 0 radical (unpaired) electrons. The van der Waals surface area contributed by atoms with Crippen molar-refractivity contribution in [2.75, 3.05) is 23.9 Å². The molecule has 0 spiro atoms. The highest BCUT2D eigenvalue weighted by atomic mass is 15.2. The second kappa shape index (κ2) is 11.3. The molecule has 4 nitrogen and oxygen atoms in total. The first-order valence-corrected chi connectivity index (χ1v) is 15.0. The summed E-state index contributed by atoms with van der Waals surface area (Å²) in [6.07, 6.45) is 8.82. The van der Waals surface area contributed by atoms with E-state index >= 15 is 0 Å². The average Bonchev–Trinajstić information content (AvgIpc) is 3.07. The maximum absolute atomic E-state index is 5.01. The molecule has 4 heteroatoms. The van der Waals surface area contributed by atoms with Crippen molar-refractivity contribution in [3.63, 3.8) is 0 Å². The molecule has 208 valence electrons. The fourth-order valence-corrected chi connectivity index (χ4v) is 6.79. The van der Waals surface area contributed by atoms with E-state index in [0.717, 1.165) is 35.0 Å². The van der Waals surface area contributed by atoms with Crippen molar-refractivity contribution >= 4 is 33.2 Å². The normalized spacial score (nSPS) is 16.9. The van der Waals surface area contributed by atoms with Crippen LogP contribution in [0.25, 0.3) is 44.1 Å². The van der Waals surface area contributed by atoms with Crippen LogP contribution in [0.5, 0.6) is 0 Å². The minimum Gasteiger partial charge on any atom is -0.368 e. The lowest BCUT2D eigenvalue weighted by molar-refractivity contribution is 0.364. The number of fused-ring (bicyclic) bond motifs is 2. The molecule has 2 aromatic heterocycles. The molecule has 1 aliphatic carbocycles. The minimum atomic E-state index is 0.365. The number of rotatable bonds is 6. The Labute approximate surface area is 248 Å². The van der Waals surface area contributed by atoms with E-state index in [4.69, 9.17) is 9.97 Å². The molecule has 6 aromatic rings. The van der Waals surface area contributed by atoms with Crippen LogP contribution in [-0.2, 0) is 0 Å². The second-order valence-corrected chi connectivity index (χ2v) is 11.5. The largest absolute Gasteiger partial charge is 0.368 e. The van der Waals surface area contributed by atoms with E-state index < -0.39 is 0 Å². The fraction of sp³-hybridized carbons (Fsp3) is 0.211. The van der Waals surface area contributed by atoms with E-state index in [1.807, 2.05) is 12.4 Å². The van der Waals surface area contributed by atoms with Crippen molar-refractivity contribution in [2.45, 2.75) is 37.8 Å². The number of anilines is 2. The Kier molecular flexibility index (Phi) is 7.05. The Hall–Kier alpha value is -4.70. The van der Waals surface area contributed by atoms with Gasteiger partial charge in [0.1, 0.15) is 0 Å². The number of para-hydroxylation sites is 2. The van der Waals surface area contributed by atoms with Crippen LogP contribution < -0.4 is 9.80 Å². The van der Waals surface area contributed by atoms with Gasteiger partial charge in [-0.3, -0.25) is 9.97 Å². The van der Waals surface area contributed by atoms with Gasteiger partial charge in [0.2, 0.25) is 0 Å². The number of hydrogen-bond acceptors (Lipinski definition) is 4. The molecule has 1 fully saturated rings. The predicted octanol–water partition coefficient (Wildman–Crippen LogP) is 9.00. The highest BCUT2D eigenvalue weighted by molar-refractivity contribution is 5.94. The molecule has 7 rings (SSSR count). The van der Waals surface area contributed by atoms with Gasteiger partial charge in [0.15, 0.2) is 0 Å². The third-order valence-corrected chi connectivity index (χ3v) is 9.04. The van der Waals surface area contributed by atoms with Crippen molar-refractivity contribution < 1.29 is 0 Å². The summed E-state index contributed by atoms with van der Waals surface area (Å²) in [6, 6.07) is 39.4. The Morgan fingerprint density at radius 2 is 0.929 bits per heavy atom. The van der Waals surface area contributed by atoms with E-state index in [9.17, 15) is 0 Å². The summed E-state index contributed by atoms with van der Waals surface area (Å²) >= 11 is 0. The van der Waals surface area contributed by atoms with Crippen LogP contribution in [0.4, 0.5) is 11.4 Å². The van der Waals surface area contributed by atoms with Gasteiger partial charge in [0.25, 0.3) is 0 Å². The van der Waals surface area contributed by atoms with E-state index in [0.29, 0.717) is 12.1 Å². The van der Waals surface area contributed by atoms with Crippen LogP contribution >= 0.6 is 0 Å². The zero-order valence-electron chi connectivity index (χ0n) is 24.3. The van der Waals surface area contributed by atoms with Crippen molar-refractivity contribution in [2.24, 2.45) is 0 Å². The van der Waals surface area contributed by atoms with Crippen LogP contribution in [0.15, 0.2) is 122 Å². The Morgan fingerprint density at radius 3 is 1.36 bits per heavy atom. The van der Waals surface area contributed by atoms with Crippen LogP contribution in [-0.4, -0.2) is 36.1 Å². The Morgan fingerprint density at radius 1 is 0.500 bits per heavy atom. The quantitative estimate of drug-likeness (QED) is 0.208. The second-order valence-electron chi connectivity index (χ2n) is 11.5. The van der Waals surface area contributed by atoms with Gasteiger partial charge >= 0.3 is 0 Å². The number of hydrogen-bond donors (Lipinski definition) is 0. The number of pyridine rings is 2. The number of benzene rings is 4. The number of likely N-dealkylation sites (N-methyl/N-ethyl adjacent to an activating group) is 2. The van der Waals surface area contributed by atoms with Crippen LogP contribution in [0.2, 0.25) is 0 Å². The van der Waals surface area contributed by atoms with Crippen LogP contribution in [0.3, 0.4) is 0 Å². The monoisotopic (exact) mass is 548 g/mol. The molecule has 42 heavy (non-hydrogen) atoms. The molecule has 0 bridgehead atoms.